The van der Waals surface area contributed by atoms with E-state index in [1.165, 1.54) is 10.9 Å². The molecular weight excluding hydrogens is 459 g/mol. The van der Waals surface area contributed by atoms with E-state index >= 15 is 0 Å². The number of H-pyrrole nitrogens is 1. The molecule has 1 saturated heterocycles. The van der Waals surface area contributed by atoms with E-state index in [2.05, 4.69) is 44.2 Å². The molecule has 0 saturated carbocycles. The summed E-state index contributed by atoms with van der Waals surface area (Å²) in [5.74, 6) is 1.00. The molecule has 36 heavy (non-hydrogen) atoms. The lowest BCUT2D eigenvalue weighted by molar-refractivity contribution is -0.137. The standard InChI is InChI=1S/C26H29FN8O/c1-16-7-22(10-23-9-17(2)31-32-23)30-25(8-16)34-13-20(14-34)26(36)33(4)18(3)19-5-6-24(28-11-19)35-15-21(27)12-29-35/h5-9,11-12,15,18,20H,10,13-14H2,1-4H3,(H,31,32)/t18-/m0/s1. The normalized spacial score (nSPS) is 14.5. The van der Waals surface area contributed by atoms with E-state index in [1.807, 2.05) is 33.0 Å². The number of nitrogens with one attached hydrogen (secondary N) is 1. The highest BCUT2D eigenvalue weighted by atomic mass is 19.1. The molecule has 5 heterocycles. The predicted octanol–water partition coefficient (Wildman–Crippen LogP) is 3.39. The van der Waals surface area contributed by atoms with Crippen LogP contribution in [0.15, 0.2) is 48.9 Å². The van der Waals surface area contributed by atoms with E-state index in [-0.39, 0.29) is 17.9 Å². The second-order valence-electron chi connectivity index (χ2n) is 9.49. The number of anilines is 1. The third kappa shape index (κ3) is 4.84. The Labute approximate surface area is 209 Å². The van der Waals surface area contributed by atoms with Crippen LogP contribution in [0.1, 0.15) is 41.2 Å². The van der Waals surface area contributed by atoms with E-state index in [1.54, 1.807) is 17.2 Å². The number of amides is 1. The molecule has 1 fully saturated rings. The average molecular weight is 489 g/mol. The monoisotopic (exact) mass is 488 g/mol. The number of aryl methyl sites for hydroxylation is 2. The van der Waals surface area contributed by atoms with Gasteiger partial charge in [0.25, 0.3) is 0 Å². The van der Waals surface area contributed by atoms with Gasteiger partial charge in [-0.2, -0.15) is 10.2 Å². The molecule has 1 atom stereocenters. The van der Waals surface area contributed by atoms with Gasteiger partial charge in [-0.1, -0.05) is 6.07 Å². The van der Waals surface area contributed by atoms with Gasteiger partial charge in [-0.25, -0.2) is 19.0 Å². The highest BCUT2D eigenvalue weighted by Crippen LogP contribution is 2.28. The van der Waals surface area contributed by atoms with Gasteiger partial charge in [0.1, 0.15) is 5.82 Å². The zero-order chi connectivity index (χ0) is 25.4. The van der Waals surface area contributed by atoms with E-state index in [9.17, 15) is 9.18 Å². The molecule has 0 aromatic carbocycles. The van der Waals surface area contributed by atoms with Gasteiger partial charge in [-0.15, -0.1) is 0 Å². The smallest absolute Gasteiger partial charge is 0.229 e. The maximum Gasteiger partial charge on any atom is 0.229 e. The first-order valence-electron chi connectivity index (χ1n) is 11.9. The molecule has 0 radical (unpaired) electrons. The number of carbonyl (C=O) groups is 1. The van der Waals surface area contributed by atoms with Crippen LogP contribution in [-0.2, 0) is 11.2 Å². The molecule has 0 bridgehead atoms. The van der Waals surface area contributed by atoms with Crippen molar-refractivity contribution in [2.45, 2.75) is 33.2 Å². The second kappa shape index (κ2) is 9.52. The molecule has 0 spiro atoms. The minimum absolute atomic E-state index is 0.0866. The zero-order valence-corrected chi connectivity index (χ0v) is 20.8. The van der Waals surface area contributed by atoms with Gasteiger partial charge in [-0.3, -0.25) is 9.89 Å². The summed E-state index contributed by atoms with van der Waals surface area (Å²) in [5.41, 5.74) is 4.99. The van der Waals surface area contributed by atoms with E-state index in [0.29, 0.717) is 25.3 Å². The minimum Gasteiger partial charge on any atom is -0.355 e. The molecule has 0 aliphatic carbocycles. The number of carbonyl (C=O) groups excluding carboxylic acids is 1. The van der Waals surface area contributed by atoms with Crippen molar-refractivity contribution in [1.29, 1.82) is 0 Å². The predicted molar refractivity (Wildman–Crippen MR) is 133 cm³/mol. The Balaban J connectivity index is 1.20. The van der Waals surface area contributed by atoms with Gasteiger partial charge >= 0.3 is 0 Å². The van der Waals surface area contributed by atoms with Crippen molar-refractivity contribution < 1.29 is 9.18 Å². The first-order chi connectivity index (χ1) is 17.3. The Kier molecular flexibility index (Phi) is 6.26. The third-order valence-electron chi connectivity index (χ3n) is 6.65. The van der Waals surface area contributed by atoms with Crippen LogP contribution in [0, 0.1) is 25.6 Å². The second-order valence-corrected chi connectivity index (χ2v) is 9.49. The topological polar surface area (TPSA) is 95.8 Å². The molecule has 9 nitrogen and oxygen atoms in total. The summed E-state index contributed by atoms with van der Waals surface area (Å²) in [6.45, 7) is 7.29. The van der Waals surface area contributed by atoms with E-state index < -0.39 is 5.82 Å². The quantitative estimate of drug-likeness (QED) is 0.429. The fourth-order valence-corrected chi connectivity index (χ4v) is 4.45. The van der Waals surface area contributed by atoms with Crippen molar-refractivity contribution in [2.75, 3.05) is 25.0 Å². The minimum atomic E-state index is -0.418. The first kappa shape index (κ1) is 23.7. The molecule has 5 rings (SSSR count). The summed E-state index contributed by atoms with van der Waals surface area (Å²) in [6.07, 6.45) is 4.78. The molecule has 1 N–H and O–H groups in total. The lowest BCUT2D eigenvalue weighted by Crippen LogP contribution is -2.54. The number of aromatic nitrogens is 6. The van der Waals surface area contributed by atoms with Crippen LogP contribution in [0.5, 0.6) is 0 Å². The molecule has 4 aromatic heterocycles. The molecule has 186 valence electrons. The molecule has 1 amide bonds. The lowest BCUT2D eigenvalue weighted by Gasteiger charge is -2.42. The molecule has 1 aliphatic rings. The van der Waals surface area contributed by atoms with Crippen LogP contribution in [-0.4, -0.2) is 60.9 Å². The summed E-state index contributed by atoms with van der Waals surface area (Å²) in [6, 6.07) is 9.68. The highest BCUT2D eigenvalue weighted by Gasteiger charge is 2.36. The van der Waals surface area contributed by atoms with Crippen LogP contribution >= 0.6 is 0 Å². The average Bonchev–Trinajstić information content (AvgIpc) is 3.44. The Hall–Kier alpha value is -4.08. The van der Waals surface area contributed by atoms with Crippen molar-refractivity contribution in [1.82, 2.24) is 34.8 Å². The van der Waals surface area contributed by atoms with Gasteiger partial charge in [-0.05, 0) is 56.2 Å². The van der Waals surface area contributed by atoms with Crippen LogP contribution in [0.4, 0.5) is 10.2 Å². The Morgan fingerprint density at radius 2 is 1.97 bits per heavy atom. The number of halogens is 1. The van der Waals surface area contributed by atoms with Gasteiger partial charge in [0, 0.05) is 44.1 Å². The van der Waals surface area contributed by atoms with Gasteiger partial charge in [0.05, 0.1) is 30.0 Å². The fourth-order valence-electron chi connectivity index (χ4n) is 4.45. The zero-order valence-electron chi connectivity index (χ0n) is 20.8. The molecular formula is C26H29FN8O. The molecule has 1 aliphatic heterocycles. The Bertz CT molecular complexity index is 1370. The van der Waals surface area contributed by atoms with Crippen molar-refractivity contribution >= 4 is 11.7 Å². The van der Waals surface area contributed by atoms with Crippen LogP contribution in [0.3, 0.4) is 0 Å². The number of aromatic amines is 1. The van der Waals surface area contributed by atoms with E-state index in [4.69, 9.17) is 4.98 Å². The van der Waals surface area contributed by atoms with E-state index in [0.717, 1.165) is 40.2 Å². The van der Waals surface area contributed by atoms with Crippen LogP contribution in [0.2, 0.25) is 0 Å². The number of pyridine rings is 2. The van der Waals surface area contributed by atoms with Gasteiger partial charge in [0.2, 0.25) is 5.91 Å². The third-order valence-corrected chi connectivity index (χ3v) is 6.65. The Morgan fingerprint density at radius 1 is 1.17 bits per heavy atom. The summed E-state index contributed by atoms with van der Waals surface area (Å²) < 4.78 is 14.6. The van der Waals surface area contributed by atoms with Gasteiger partial charge in [0.15, 0.2) is 11.6 Å². The number of hydrogen-bond donors (Lipinski definition) is 1. The number of rotatable bonds is 7. The van der Waals surface area contributed by atoms with Crippen LogP contribution in [0.25, 0.3) is 5.82 Å². The fraction of sp³-hybridized carbons (Fsp3) is 0.346. The van der Waals surface area contributed by atoms with Crippen molar-refractivity contribution in [3.05, 3.63) is 82.9 Å². The molecule has 10 heteroatoms. The Morgan fingerprint density at radius 3 is 2.61 bits per heavy atom. The molecule has 4 aromatic rings. The first-order valence-corrected chi connectivity index (χ1v) is 11.9. The van der Waals surface area contributed by atoms with Crippen molar-refractivity contribution in [3.8, 4) is 5.82 Å². The summed E-state index contributed by atoms with van der Waals surface area (Å²) in [4.78, 5) is 26.3. The maximum absolute atomic E-state index is 13.2. The van der Waals surface area contributed by atoms with Gasteiger partial charge < -0.3 is 9.80 Å². The summed E-state index contributed by atoms with van der Waals surface area (Å²) >= 11 is 0. The molecule has 0 unspecified atom stereocenters. The SMILES string of the molecule is Cc1cc(Cc2cc(C)[nH]n2)nc(N2CC(C(=O)N(C)[C@@H](C)c3ccc(-n4cc(F)cn4)nc3)C2)c1. The summed E-state index contributed by atoms with van der Waals surface area (Å²) in [7, 11) is 1.82. The largest absolute Gasteiger partial charge is 0.355 e. The lowest BCUT2D eigenvalue weighted by atomic mass is 9.97. The number of hydrogen-bond acceptors (Lipinski definition) is 6. The van der Waals surface area contributed by atoms with Crippen molar-refractivity contribution in [3.63, 3.8) is 0 Å². The summed E-state index contributed by atoms with van der Waals surface area (Å²) in [5, 5.41) is 11.2. The maximum atomic E-state index is 13.2. The van der Waals surface area contributed by atoms with Crippen molar-refractivity contribution in [2.24, 2.45) is 5.92 Å². The van der Waals surface area contributed by atoms with Crippen LogP contribution < -0.4 is 4.90 Å². The number of nitrogens with zero attached hydrogens (tertiary/aromatic N) is 7. The highest BCUT2D eigenvalue weighted by molar-refractivity contribution is 5.82.